The molecule has 5 nitrogen and oxygen atoms in total. The molecule has 2 aromatic carbocycles. The maximum atomic E-state index is 12.2. The molecule has 0 saturated carbocycles. The van der Waals surface area contributed by atoms with E-state index in [9.17, 15) is 13.2 Å². The molecule has 122 valence electrons. The maximum absolute atomic E-state index is 12.2. The van der Waals surface area contributed by atoms with Gasteiger partial charge >= 0.3 is 0 Å². The minimum Gasteiger partial charge on any atom is -0.321 e. The van der Waals surface area contributed by atoms with Gasteiger partial charge in [0.05, 0.1) is 27.7 Å². The van der Waals surface area contributed by atoms with Crippen molar-refractivity contribution in [3.8, 4) is 0 Å². The molecule has 23 heavy (non-hydrogen) atoms. The predicted octanol–water partition coefficient (Wildman–Crippen LogP) is 3.64. The van der Waals surface area contributed by atoms with Gasteiger partial charge < -0.3 is 5.32 Å². The second-order valence-corrected chi connectivity index (χ2v) is 7.63. The molecule has 0 fully saturated rings. The number of halogens is 2. The van der Waals surface area contributed by atoms with Crippen molar-refractivity contribution in [1.29, 1.82) is 0 Å². The minimum absolute atomic E-state index is 0.260. The Morgan fingerprint density at radius 2 is 1.70 bits per heavy atom. The highest BCUT2D eigenvalue weighted by atomic mass is 35.5. The molecule has 0 bridgehead atoms. The Kier molecular flexibility index (Phi) is 5.19. The molecule has 0 atom stereocenters. The summed E-state index contributed by atoms with van der Waals surface area (Å²) in [5.74, 6) is -0.372. The van der Waals surface area contributed by atoms with Crippen LogP contribution < -0.4 is 9.62 Å². The van der Waals surface area contributed by atoms with Crippen molar-refractivity contribution in [2.24, 2.45) is 0 Å². The molecule has 2 rings (SSSR count). The summed E-state index contributed by atoms with van der Waals surface area (Å²) < 4.78 is 24.1. The summed E-state index contributed by atoms with van der Waals surface area (Å²) in [5, 5.41) is 3.26. The number of sulfonamides is 1. The minimum atomic E-state index is -3.35. The highest BCUT2D eigenvalue weighted by Gasteiger charge is 2.14. The zero-order valence-corrected chi connectivity index (χ0v) is 14.7. The van der Waals surface area contributed by atoms with E-state index in [0.29, 0.717) is 22.0 Å². The second kappa shape index (κ2) is 6.78. The molecule has 0 unspecified atom stereocenters. The average Bonchev–Trinajstić information content (AvgIpc) is 2.50. The largest absolute Gasteiger partial charge is 0.321 e. The average molecular weight is 373 g/mol. The Balaban J connectivity index is 2.19. The monoisotopic (exact) mass is 372 g/mol. The topological polar surface area (TPSA) is 66.5 Å². The molecule has 0 aliphatic carbocycles. The van der Waals surface area contributed by atoms with E-state index in [1.807, 2.05) is 0 Å². The lowest BCUT2D eigenvalue weighted by atomic mass is 10.2. The van der Waals surface area contributed by atoms with Gasteiger partial charge in [-0.2, -0.15) is 0 Å². The molecule has 0 heterocycles. The van der Waals surface area contributed by atoms with Crippen LogP contribution >= 0.6 is 23.2 Å². The van der Waals surface area contributed by atoms with Gasteiger partial charge in [-0.25, -0.2) is 8.42 Å². The zero-order chi connectivity index (χ0) is 17.2. The van der Waals surface area contributed by atoms with E-state index in [0.717, 1.165) is 10.6 Å². The van der Waals surface area contributed by atoms with Crippen LogP contribution in [-0.2, 0) is 10.0 Å². The van der Waals surface area contributed by atoms with Crippen molar-refractivity contribution in [1.82, 2.24) is 0 Å². The Hall–Kier alpha value is -1.76. The number of carbonyl (C=O) groups is 1. The Labute approximate surface area is 144 Å². The van der Waals surface area contributed by atoms with Crippen LogP contribution in [0.15, 0.2) is 42.5 Å². The van der Waals surface area contributed by atoms with Gasteiger partial charge in [-0.05, 0) is 36.4 Å². The first-order chi connectivity index (χ1) is 10.7. The number of rotatable bonds is 4. The van der Waals surface area contributed by atoms with E-state index in [1.54, 1.807) is 30.3 Å². The van der Waals surface area contributed by atoms with Crippen LogP contribution in [0.4, 0.5) is 11.4 Å². The quantitative estimate of drug-likeness (QED) is 0.890. The lowest BCUT2D eigenvalue weighted by Crippen LogP contribution is -2.24. The summed E-state index contributed by atoms with van der Waals surface area (Å²) >= 11 is 11.9. The standard InChI is InChI=1S/C15H14Cl2N2O3S/c1-19(23(2,21)22)11-8-6-10(7-9-11)15(20)18-13-5-3-4-12(16)14(13)17/h3-9H,1-2H3,(H,18,20). The molecule has 2 aromatic rings. The zero-order valence-electron chi connectivity index (χ0n) is 12.4. The van der Waals surface area contributed by atoms with Crippen molar-refractivity contribution < 1.29 is 13.2 Å². The fraction of sp³-hybridized carbons (Fsp3) is 0.133. The first kappa shape index (κ1) is 17.6. The van der Waals surface area contributed by atoms with Gasteiger partial charge in [0.25, 0.3) is 5.91 Å². The first-order valence-corrected chi connectivity index (χ1v) is 9.10. The normalized spacial score (nSPS) is 11.1. The van der Waals surface area contributed by atoms with Crippen LogP contribution in [0.2, 0.25) is 10.0 Å². The summed E-state index contributed by atoms with van der Waals surface area (Å²) in [5.41, 5.74) is 1.23. The van der Waals surface area contributed by atoms with Gasteiger partial charge in [0.2, 0.25) is 10.0 Å². The van der Waals surface area contributed by atoms with Crippen LogP contribution in [0.25, 0.3) is 0 Å². The lowest BCUT2D eigenvalue weighted by molar-refractivity contribution is 0.102. The summed E-state index contributed by atoms with van der Waals surface area (Å²) in [6.07, 6.45) is 1.11. The van der Waals surface area contributed by atoms with Crippen molar-refractivity contribution in [3.63, 3.8) is 0 Å². The fourth-order valence-corrected chi connectivity index (χ4v) is 2.66. The van der Waals surface area contributed by atoms with Crippen LogP contribution in [0.5, 0.6) is 0 Å². The van der Waals surface area contributed by atoms with Crippen molar-refractivity contribution >= 4 is 50.5 Å². The number of benzene rings is 2. The number of hydrogen-bond acceptors (Lipinski definition) is 3. The number of amides is 1. The van der Waals surface area contributed by atoms with Crippen LogP contribution in [-0.4, -0.2) is 27.6 Å². The number of carbonyl (C=O) groups excluding carboxylic acids is 1. The summed E-state index contributed by atoms with van der Waals surface area (Å²) in [6.45, 7) is 0. The second-order valence-electron chi connectivity index (χ2n) is 4.83. The molecular formula is C15H14Cl2N2O3S. The number of nitrogens with zero attached hydrogens (tertiary/aromatic N) is 1. The Bertz CT molecular complexity index is 836. The maximum Gasteiger partial charge on any atom is 0.255 e. The summed E-state index contributed by atoms with van der Waals surface area (Å²) in [4.78, 5) is 12.2. The summed E-state index contributed by atoms with van der Waals surface area (Å²) in [7, 11) is -1.91. The summed E-state index contributed by atoms with van der Waals surface area (Å²) in [6, 6.07) is 11.1. The highest BCUT2D eigenvalue weighted by Crippen LogP contribution is 2.30. The molecule has 0 spiro atoms. The Morgan fingerprint density at radius 1 is 1.09 bits per heavy atom. The van der Waals surface area contributed by atoms with E-state index >= 15 is 0 Å². The smallest absolute Gasteiger partial charge is 0.255 e. The predicted molar refractivity (Wildman–Crippen MR) is 94.1 cm³/mol. The first-order valence-electron chi connectivity index (χ1n) is 6.49. The van der Waals surface area contributed by atoms with Gasteiger partial charge in [0, 0.05) is 12.6 Å². The molecule has 8 heteroatoms. The number of hydrogen-bond donors (Lipinski definition) is 1. The third-order valence-electron chi connectivity index (χ3n) is 3.19. The van der Waals surface area contributed by atoms with Crippen molar-refractivity contribution in [2.45, 2.75) is 0 Å². The molecule has 1 amide bonds. The Morgan fingerprint density at radius 3 is 2.26 bits per heavy atom. The van der Waals surface area contributed by atoms with E-state index in [1.165, 1.54) is 19.2 Å². The fourth-order valence-electron chi connectivity index (χ4n) is 1.81. The molecule has 0 radical (unpaired) electrons. The van der Waals surface area contributed by atoms with E-state index in [-0.39, 0.29) is 10.9 Å². The molecule has 1 N–H and O–H groups in total. The van der Waals surface area contributed by atoms with Crippen LogP contribution in [0, 0.1) is 0 Å². The number of nitrogens with one attached hydrogen (secondary N) is 1. The molecule has 0 saturated heterocycles. The third-order valence-corrected chi connectivity index (χ3v) is 5.22. The SMILES string of the molecule is CN(c1ccc(C(=O)Nc2cccc(Cl)c2Cl)cc1)S(C)(=O)=O. The number of anilines is 2. The van der Waals surface area contributed by atoms with Crippen LogP contribution in [0.3, 0.4) is 0 Å². The van der Waals surface area contributed by atoms with Gasteiger partial charge in [0.15, 0.2) is 0 Å². The molecule has 0 aliphatic heterocycles. The molecular weight excluding hydrogens is 359 g/mol. The van der Waals surface area contributed by atoms with Gasteiger partial charge in [0.1, 0.15) is 0 Å². The molecule has 0 aromatic heterocycles. The van der Waals surface area contributed by atoms with Gasteiger partial charge in [-0.3, -0.25) is 9.10 Å². The lowest BCUT2D eigenvalue weighted by Gasteiger charge is -2.16. The third kappa shape index (κ3) is 4.16. The van der Waals surface area contributed by atoms with E-state index in [2.05, 4.69) is 5.32 Å². The van der Waals surface area contributed by atoms with Crippen molar-refractivity contribution in [3.05, 3.63) is 58.1 Å². The highest BCUT2D eigenvalue weighted by molar-refractivity contribution is 7.92. The van der Waals surface area contributed by atoms with Gasteiger partial charge in [-0.15, -0.1) is 0 Å². The van der Waals surface area contributed by atoms with E-state index in [4.69, 9.17) is 23.2 Å². The van der Waals surface area contributed by atoms with Crippen LogP contribution in [0.1, 0.15) is 10.4 Å². The molecule has 0 aliphatic rings. The van der Waals surface area contributed by atoms with Gasteiger partial charge in [-0.1, -0.05) is 29.3 Å². The van der Waals surface area contributed by atoms with E-state index < -0.39 is 10.0 Å². The van der Waals surface area contributed by atoms with Crippen molar-refractivity contribution in [2.75, 3.05) is 22.9 Å².